The van der Waals surface area contributed by atoms with Crippen LogP contribution in [0.15, 0.2) is 48.5 Å². The number of ether oxygens (including phenoxy) is 1. The number of nitro groups is 1. The number of nitrogens with zero attached hydrogens (tertiary/aromatic N) is 2. The fourth-order valence-corrected chi connectivity index (χ4v) is 2.59. The molecule has 0 saturated carbocycles. The van der Waals surface area contributed by atoms with Crippen molar-refractivity contribution in [3.63, 3.8) is 0 Å². The Balaban J connectivity index is 1.85. The number of non-ortho nitro benzene ring substituents is 1. The summed E-state index contributed by atoms with van der Waals surface area (Å²) in [6.07, 6.45) is -0.704. The summed E-state index contributed by atoms with van der Waals surface area (Å²) in [4.78, 5) is 12.0. The minimum absolute atomic E-state index is 0.0658. The maximum Gasteiger partial charge on any atom is 0.271 e. The van der Waals surface area contributed by atoms with Gasteiger partial charge in [-0.25, -0.2) is 0 Å². The second-order valence-electron chi connectivity index (χ2n) is 5.43. The summed E-state index contributed by atoms with van der Waals surface area (Å²) in [5.41, 5.74) is 1.59. The largest absolute Gasteiger partial charge is 0.389 e. The first-order valence-corrected chi connectivity index (χ1v) is 7.80. The van der Waals surface area contributed by atoms with Gasteiger partial charge in [0.05, 0.1) is 35.0 Å². The third-order valence-electron chi connectivity index (χ3n) is 3.46. The van der Waals surface area contributed by atoms with Gasteiger partial charge in [-0.15, -0.1) is 0 Å². The number of aliphatic hydroxyl groups excluding tert-OH is 1. The van der Waals surface area contributed by atoms with Gasteiger partial charge in [-0.05, 0) is 11.6 Å². The van der Waals surface area contributed by atoms with Crippen LogP contribution in [0.5, 0.6) is 0 Å². The molecule has 1 N–H and O–H groups in total. The summed E-state index contributed by atoms with van der Waals surface area (Å²) in [7, 11) is 1.76. The van der Waals surface area contributed by atoms with Crippen LogP contribution in [0.3, 0.4) is 0 Å². The van der Waals surface area contributed by atoms with Crippen molar-refractivity contribution >= 4 is 23.0 Å². The van der Waals surface area contributed by atoms with E-state index in [4.69, 9.17) is 16.3 Å². The number of hydrogen-bond donors (Lipinski definition) is 1. The molecule has 0 aliphatic heterocycles. The van der Waals surface area contributed by atoms with Crippen molar-refractivity contribution in [1.82, 2.24) is 0 Å². The molecular weight excluding hydrogens is 332 g/mol. The van der Waals surface area contributed by atoms with Crippen molar-refractivity contribution in [2.45, 2.75) is 12.7 Å². The summed E-state index contributed by atoms with van der Waals surface area (Å²) >= 11 is 6.08. The summed E-state index contributed by atoms with van der Waals surface area (Å²) in [5, 5.41) is 21.1. The minimum atomic E-state index is -0.704. The fraction of sp³-hybridized carbons (Fsp3) is 0.294. The van der Waals surface area contributed by atoms with Crippen LogP contribution in [-0.4, -0.2) is 36.3 Å². The Bertz CT molecular complexity index is 682. The fourth-order valence-electron chi connectivity index (χ4n) is 2.27. The minimum Gasteiger partial charge on any atom is -0.389 e. The molecule has 0 heterocycles. The lowest BCUT2D eigenvalue weighted by molar-refractivity contribution is -0.384. The molecule has 0 amide bonds. The van der Waals surface area contributed by atoms with Gasteiger partial charge in [0.1, 0.15) is 0 Å². The number of benzene rings is 2. The highest BCUT2D eigenvalue weighted by atomic mass is 35.5. The number of halogens is 1. The van der Waals surface area contributed by atoms with Crippen LogP contribution in [0.1, 0.15) is 5.56 Å². The lowest BCUT2D eigenvalue weighted by atomic mass is 10.2. The van der Waals surface area contributed by atoms with Gasteiger partial charge in [-0.1, -0.05) is 41.9 Å². The molecule has 2 rings (SSSR count). The highest BCUT2D eigenvalue weighted by Gasteiger charge is 2.15. The third-order valence-corrected chi connectivity index (χ3v) is 3.76. The van der Waals surface area contributed by atoms with E-state index in [0.29, 0.717) is 18.8 Å². The van der Waals surface area contributed by atoms with E-state index in [2.05, 4.69) is 0 Å². The van der Waals surface area contributed by atoms with Crippen LogP contribution in [0, 0.1) is 10.1 Å². The Labute approximate surface area is 145 Å². The molecular formula is C17H19ClN2O4. The summed E-state index contributed by atoms with van der Waals surface area (Å²) < 4.78 is 5.50. The zero-order valence-electron chi connectivity index (χ0n) is 13.3. The van der Waals surface area contributed by atoms with Gasteiger partial charge < -0.3 is 14.7 Å². The molecule has 0 fully saturated rings. The molecule has 0 aliphatic carbocycles. The van der Waals surface area contributed by atoms with E-state index >= 15 is 0 Å². The second kappa shape index (κ2) is 8.63. The molecule has 2 aromatic rings. The zero-order chi connectivity index (χ0) is 17.5. The first-order chi connectivity index (χ1) is 11.5. The molecule has 0 bridgehead atoms. The second-order valence-corrected chi connectivity index (χ2v) is 5.84. The molecule has 6 nitrogen and oxygen atoms in total. The molecule has 7 heteroatoms. The molecule has 2 aromatic carbocycles. The van der Waals surface area contributed by atoms with Gasteiger partial charge in [0.25, 0.3) is 5.69 Å². The Kier molecular flexibility index (Phi) is 6.54. The topological polar surface area (TPSA) is 75.8 Å². The maximum atomic E-state index is 10.7. The maximum absolute atomic E-state index is 10.7. The molecule has 24 heavy (non-hydrogen) atoms. The first kappa shape index (κ1) is 18.2. The van der Waals surface area contributed by atoms with Crippen LogP contribution in [0.2, 0.25) is 5.02 Å². The van der Waals surface area contributed by atoms with Crippen molar-refractivity contribution in [2.24, 2.45) is 0 Å². The van der Waals surface area contributed by atoms with Crippen molar-refractivity contribution in [3.05, 3.63) is 69.2 Å². The van der Waals surface area contributed by atoms with Crippen molar-refractivity contribution in [1.29, 1.82) is 0 Å². The van der Waals surface area contributed by atoms with Gasteiger partial charge in [0.15, 0.2) is 0 Å². The molecule has 0 aliphatic rings. The smallest absolute Gasteiger partial charge is 0.271 e. The van der Waals surface area contributed by atoms with Crippen molar-refractivity contribution in [3.8, 4) is 0 Å². The summed E-state index contributed by atoms with van der Waals surface area (Å²) in [6, 6.07) is 13.9. The van der Waals surface area contributed by atoms with Crippen molar-refractivity contribution < 1.29 is 14.8 Å². The van der Waals surface area contributed by atoms with Gasteiger partial charge in [-0.2, -0.15) is 0 Å². The van der Waals surface area contributed by atoms with Crippen LogP contribution in [0.4, 0.5) is 11.4 Å². The van der Waals surface area contributed by atoms with E-state index in [1.165, 1.54) is 12.1 Å². The Hall–Kier alpha value is -2.15. The first-order valence-electron chi connectivity index (χ1n) is 7.42. The lowest BCUT2D eigenvalue weighted by Crippen LogP contribution is -2.32. The van der Waals surface area contributed by atoms with Gasteiger partial charge in [0.2, 0.25) is 0 Å². The molecule has 0 aromatic heterocycles. The molecule has 0 saturated heterocycles. The Morgan fingerprint density at radius 1 is 1.29 bits per heavy atom. The average molecular weight is 351 g/mol. The normalized spacial score (nSPS) is 12.0. The summed E-state index contributed by atoms with van der Waals surface area (Å²) in [6.45, 7) is 0.913. The number of rotatable bonds is 8. The molecule has 1 unspecified atom stereocenters. The SMILES string of the molecule is CN(CC(O)COCc1ccccc1)c1ccc([N+](=O)[O-])cc1Cl. The number of likely N-dealkylation sites (N-methyl/N-ethyl adjacent to an activating group) is 1. The highest BCUT2D eigenvalue weighted by molar-refractivity contribution is 6.33. The molecule has 0 spiro atoms. The number of aliphatic hydroxyl groups is 1. The number of nitro benzene ring substituents is 1. The van der Waals surface area contributed by atoms with Crippen LogP contribution < -0.4 is 4.90 Å². The monoisotopic (exact) mass is 350 g/mol. The average Bonchev–Trinajstić information content (AvgIpc) is 2.55. The summed E-state index contributed by atoms with van der Waals surface area (Å²) in [5.74, 6) is 0. The standard InChI is InChI=1S/C17H19ClN2O4/c1-19(17-8-7-14(20(22)23)9-16(17)18)10-15(21)12-24-11-13-5-3-2-4-6-13/h2-9,15,21H,10-12H2,1H3. The third kappa shape index (κ3) is 5.19. The van der Waals surface area contributed by atoms with Gasteiger partial charge in [-0.3, -0.25) is 10.1 Å². The van der Waals surface area contributed by atoms with Gasteiger partial charge >= 0.3 is 0 Å². The quantitative estimate of drug-likeness (QED) is 0.584. The van der Waals surface area contributed by atoms with Crippen LogP contribution in [0.25, 0.3) is 0 Å². The predicted molar refractivity (Wildman–Crippen MR) is 93.5 cm³/mol. The predicted octanol–water partition coefficient (Wildman–Crippen LogP) is 3.26. The van der Waals surface area contributed by atoms with E-state index in [1.54, 1.807) is 18.0 Å². The Morgan fingerprint density at radius 3 is 2.62 bits per heavy atom. The number of hydrogen-bond acceptors (Lipinski definition) is 5. The van der Waals surface area contributed by atoms with E-state index in [1.807, 2.05) is 30.3 Å². The van der Waals surface area contributed by atoms with Crippen LogP contribution >= 0.6 is 11.6 Å². The number of anilines is 1. The van der Waals surface area contributed by atoms with E-state index < -0.39 is 11.0 Å². The highest BCUT2D eigenvalue weighted by Crippen LogP contribution is 2.29. The Morgan fingerprint density at radius 2 is 2.00 bits per heavy atom. The molecule has 1 atom stereocenters. The van der Waals surface area contributed by atoms with E-state index in [0.717, 1.165) is 5.56 Å². The van der Waals surface area contributed by atoms with Gasteiger partial charge in [0, 0.05) is 25.7 Å². The van der Waals surface area contributed by atoms with Crippen LogP contribution in [-0.2, 0) is 11.3 Å². The molecule has 0 radical (unpaired) electrons. The van der Waals surface area contributed by atoms with E-state index in [-0.39, 0.29) is 17.3 Å². The zero-order valence-corrected chi connectivity index (χ0v) is 14.0. The van der Waals surface area contributed by atoms with E-state index in [9.17, 15) is 15.2 Å². The van der Waals surface area contributed by atoms with Crippen molar-refractivity contribution in [2.75, 3.05) is 25.1 Å². The molecule has 128 valence electrons. The lowest BCUT2D eigenvalue weighted by Gasteiger charge is -2.23.